The second-order valence-corrected chi connectivity index (χ2v) is 6.93. The van der Waals surface area contributed by atoms with E-state index in [1.165, 1.54) is 23.5 Å². The van der Waals surface area contributed by atoms with Gasteiger partial charge in [0.1, 0.15) is 5.82 Å². The maximum Gasteiger partial charge on any atom is 0.261 e. The van der Waals surface area contributed by atoms with Crippen LogP contribution in [0, 0.1) is 12.7 Å². The molecule has 1 aliphatic rings. The van der Waals surface area contributed by atoms with Crippen molar-refractivity contribution >= 4 is 17.2 Å². The van der Waals surface area contributed by atoms with Crippen molar-refractivity contribution in [3.05, 3.63) is 57.5 Å². The Balaban J connectivity index is 1.78. The maximum absolute atomic E-state index is 13.2. The molecule has 2 heterocycles. The van der Waals surface area contributed by atoms with Crippen LogP contribution in [0.3, 0.4) is 0 Å². The highest BCUT2D eigenvalue weighted by Crippen LogP contribution is 2.34. The summed E-state index contributed by atoms with van der Waals surface area (Å²) in [6, 6.07) is 8.56. The van der Waals surface area contributed by atoms with E-state index in [1.54, 1.807) is 0 Å². The van der Waals surface area contributed by atoms with E-state index in [0.717, 1.165) is 28.8 Å². The van der Waals surface area contributed by atoms with Crippen LogP contribution in [0.25, 0.3) is 0 Å². The van der Waals surface area contributed by atoms with Gasteiger partial charge in [0.05, 0.1) is 4.88 Å². The molecule has 1 amide bonds. The molecule has 0 unspecified atom stereocenters. The molecule has 0 bridgehead atoms. The molecule has 0 aliphatic carbocycles. The average molecular weight is 333 g/mol. The number of thiophene rings is 1. The average Bonchev–Trinajstić information content (AvgIpc) is 3.00. The summed E-state index contributed by atoms with van der Waals surface area (Å²) < 4.78 is 18.7. The van der Waals surface area contributed by atoms with Gasteiger partial charge in [-0.3, -0.25) is 4.79 Å². The van der Waals surface area contributed by atoms with Crippen LogP contribution in [0.2, 0.25) is 0 Å². The van der Waals surface area contributed by atoms with Gasteiger partial charge in [-0.1, -0.05) is 12.1 Å². The number of carbonyl (C=O) groups is 1. The standard InChI is InChI=1S/C18H20FNO2S/c1-13-6-11-23-16(13)17(21)20-12-18(7-9-22-10-8-18)14-2-4-15(19)5-3-14/h2-6,11H,7-10,12H2,1H3,(H,20,21). The fraction of sp³-hybridized carbons (Fsp3) is 0.389. The van der Waals surface area contributed by atoms with Gasteiger partial charge in [-0.05, 0) is 54.5 Å². The van der Waals surface area contributed by atoms with Gasteiger partial charge >= 0.3 is 0 Å². The molecule has 3 nitrogen and oxygen atoms in total. The minimum atomic E-state index is -0.241. The van der Waals surface area contributed by atoms with Crippen molar-refractivity contribution in [2.24, 2.45) is 0 Å². The van der Waals surface area contributed by atoms with Crippen molar-refractivity contribution in [3.63, 3.8) is 0 Å². The number of hydrogen-bond acceptors (Lipinski definition) is 3. The normalized spacial score (nSPS) is 17.0. The molecule has 1 aromatic heterocycles. The smallest absolute Gasteiger partial charge is 0.261 e. The summed E-state index contributed by atoms with van der Waals surface area (Å²) in [4.78, 5) is 13.2. The number of benzene rings is 1. The molecule has 1 saturated heterocycles. The van der Waals surface area contributed by atoms with Gasteiger partial charge in [0.2, 0.25) is 0 Å². The second-order valence-electron chi connectivity index (χ2n) is 6.02. The molecule has 23 heavy (non-hydrogen) atoms. The number of nitrogens with one attached hydrogen (secondary N) is 1. The molecule has 1 aromatic carbocycles. The van der Waals surface area contributed by atoms with Crippen molar-refractivity contribution in [1.29, 1.82) is 0 Å². The Bertz CT molecular complexity index is 675. The predicted octanol–water partition coefficient (Wildman–Crippen LogP) is 3.67. The monoisotopic (exact) mass is 333 g/mol. The lowest BCUT2D eigenvalue weighted by Crippen LogP contribution is -2.44. The van der Waals surface area contributed by atoms with Gasteiger partial charge < -0.3 is 10.1 Å². The van der Waals surface area contributed by atoms with Crippen molar-refractivity contribution in [2.75, 3.05) is 19.8 Å². The molecular formula is C18H20FNO2S. The summed E-state index contributed by atoms with van der Waals surface area (Å²) in [6.07, 6.45) is 1.64. The first-order valence-electron chi connectivity index (χ1n) is 7.77. The fourth-order valence-electron chi connectivity index (χ4n) is 3.07. The molecule has 0 radical (unpaired) electrons. The zero-order valence-electron chi connectivity index (χ0n) is 13.1. The Kier molecular flexibility index (Phi) is 4.78. The molecule has 1 N–H and O–H groups in total. The van der Waals surface area contributed by atoms with Crippen LogP contribution in [-0.2, 0) is 10.2 Å². The Morgan fingerprint density at radius 1 is 1.26 bits per heavy atom. The summed E-state index contributed by atoms with van der Waals surface area (Å²) in [7, 11) is 0. The summed E-state index contributed by atoms with van der Waals surface area (Å²) in [6.45, 7) is 3.80. The molecule has 0 saturated carbocycles. The Hall–Kier alpha value is -1.72. The number of hydrogen-bond donors (Lipinski definition) is 1. The SMILES string of the molecule is Cc1ccsc1C(=O)NCC1(c2ccc(F)cc2)CCOCC1. The number of carbonyl (C=O) groups excluding carboxylic acids is 1. The zero-order chi connectivity index (χ0) is 16.3. The van der Waals surface area contributed by atoms with E-state index >= 15 is 0 Å². The lowest BCUT2D eigenvalue weighted by Gasteiger charge is -2.38. The molecule has 0 spiro atoms. The highest BCUT2D eigenvalue weighted by atomic mass is 32.1. The number of rotatable bonds is 4. The van der Waals surface area contributed by atoms with E-state index in [1.807, 2.05) is 30.5 Å². The lowest BCUT2D eigenvalue weighted by atomic mass is 9.74. The minimum Gasteiger partial charge on any atom is -0.381 e. The van der Waals surface area contributed by atoms with Gasteiger partial charge in [-0.2, -0.15) is 0 Å². The van der Waals surface area contributed by atoms with Crippen LogP contribution in [-0.4, -0.2) is 25.7 Å². The van der Waals surface area contributed by atoms with Gasteiger partial charge in [-0.25, -0.2) is 4.39 Å². The molecule has 3 rings (SSSR count). The first kappa shape index (κ1) is 16.1. The highest BCUT2D eigenvalue weighted by Gasteiger charge is 2.35. The number of halogens is 1. The summed E-state index contributed by atoms with van der Waals surface area (Å²) in [5, 5.41) is 5.00. The Labute approximate surface area is 139 Å². The van der Waals surface area contributed by atoms with Gasteiger partial charge in [0.25, 0.3) is 5.91 Å². The molecule has 5 heteroatoms. The summed E-state index contributed by atoms with van der Waals surface area (Å²) in [5.41, 5.74) is 1.87. The van der Waals surface area contributed by atoms with E-state index in [-0.39, 0.29) is 17.1 Å². The largest absolute Gasteiger partial charge is 0.381 e. The van der Waals surface area contributed by atoms with E-state index in [0.29, 0.717) is 19.8 Å². The molecule has 122 valence electrons. The topological polar surface area (TPSA) is 38.3 Å². The third-order valence-electron chi connectivity index (χ3n) is 4.56. The molecule has 1 aliphatic heterocycles. The molecule has 1 fully saturated rings. The van der Waals surface area contributed by atoms with Crippen LogP contribution in [0.4, 0.5) is 4.39 Å². The first-order valence-corrected chi connectivity index (χ1v) is 8.65. The second kappa shape index (κ2) is 6.81. The molecule has 2 aromatic rings. The zero-order valence-corrected chi connectivity index (χ0v) is 13.9. The van der Waals surface area contributed by atoms with Crippen LogP contribution in [0.1, 0.15) is 33.6 Å². The van der Waals surface area contributed by atoms with Crippen LogP contribution in [0.5, 0.6) is 0 Å². The Morgan fingerprint density at radius 3 is 2.57 bits per heavy atom. The van der Waals surface area contributed by atoms with Crippen molar-refractivity contribution < 1.29 is 13.9 Å². The number of aryl methyl sites for hydroxylation is 1. The van der Waals surface area contributed by atoms with Crippen molar-refractivity contribution in [2.45, 2.75) is 25.2 Å². The summed E-state index contributed by atoms with van der Waals surface area (Å²) in [5.74, 6) is -0.278. The van der Waals surface area contributed by atoms with Gasteiger partial charge in [0.15, 0.2) is 0 Å². The van der Waals surface area contributed by atoms with Crippen LogP contribution < -0.4 is 5.32 Å². The third kappa shape index (κ3) is 3.46. The van der Waals surface area contributed by atoms with Gasteiger partial charge in [0, 0.05) is 25.2 Å². The van der Waals surface area contributed by atoms with E-state index < -0.39 is 0 Å². The van der Waals surface area contributed by atoms with E-state index in [4.69, 9.17) is 4.74 Å². The number of ether oxygens (including phenoxy) is 1. The quantitative estimate of drug-likeness (QED) is 0.927. The van der Waals surface area contributed by atoms with Crippen molar-refractivity contribution in [3.8, 4) is 0 Å². The fourth-order valence-corrected chi connectivity index (χ4v) is 3.91. The van der Waals surface area contributed by atoms with Crippen molar-refractivity contribution in [1.82, 2.24) is 5.32 Å². The summed E-state index contributed by atoms with van der Waals surface area (Å²) >= 11 is 1.45. The first-order chi connectivity index (χ1) is 11.1. The number of amides is 1. The van der Waals surface area contributed by atoms with E-state index in [2.05, 4.69) is 5.32 Å². The van der Waals surface area contributed by atoms with Gasteiger partial charge in [-0.15, -0.1) is 11.3 Å². The highest BCUT2D eigenvalue weighted by molar-refractivity contribution is 7.12. The van der Waals surface area contributed by atoms with Crippen LogP contribution >= 0.6 is 11.3 Å². The predicted molar refractivity (Wildman–Crippen MR) is 89.5 cm³/mol. The third-order valence-corrected chi connectivity index (χ3v) is 5.58. The molecule has 0 atom stereocenters. The van der Waals surface area contributed by atoms with E-state index in [9.17, 15) is 9.18 Å². The van der Waals surface area contributed by atoms with Crippen LogP contribution in [0.15, 0.2) is 35.7 Å². The Morgan fingerprint density at radius 2 is 1.96 bits per heavy atom. The molecular weight excluding hydrogens is 313 g/mol. The lowest BCUT2D eigenvalue weighted by molar-refractivity contribution is 0.0487. The minimum absolute atomic E-state index is 0.0366. The maximum atomic E-state index is 13.2.